The van der Waals surface area contributed by atoms with Crippen LogP contribution in [0.25, 0.3) is 0 Å². The molecular formula is C15H21NO2. The van der Waals surface area contributed by atoms with Gasteiger partial charge in [0.2, 0.25) is 0 Å². The number of hydrogen-bond donors (Lipinski definition) is 1. The zero-order valence-corrected chi connectivity index (χ0v) is 11.2. The predicted molar refractivity (Wildman–Crippen MR) is 70.8 cm³/mol. The Morgan fingerprint density at radius 3 is 2.61 bits per heavy atom. The summed E-state index contributed by atoms with van der Waals surface area (Å²) in [6.07, 6.45) is 0.984. The van der Waals surface area contributed by atoms with Gasteiger partial charge in [0.15, 0.2) is 0 Å². The largest absolute Gasteiger partial charge is 0.378 e. The van der Waals surface area contributed by atoms with E-state index in [4.69, 9.17) is 9.47 Å². The summed E-state index contributed by atoms with van der Waals surface area (Å²) in [5.74, 6) is 0. The van der Waals surface area contributed by atoms with Crippen molar-refractivity contribution in [2.24, 2.45) is 0 Å². The van der Waals surface area contributed by atoms with Crippen LogP contribution in [0.5, 0.6) is 0 Å². The minimum absolute atomic E-state index is 0.154. The topological polar surface area (TPSA) is 30.5 Å². The highest BCUT2D eigenvalue weighted by Crippen LogP contribution is 2.38. The van der Waals surface area contributed by atoms with Crippen molar-refractivity contribution < 1.29 is 9.47 Å². The van der Waals surface area contributed by atoms with Crippen molar-refractivity contribution in [2.75, 3.05) is 26.4 Å². The van der Waals surface area contributed by atoms with Gasteiger partial charge in [0.05, 0.1) is 19.3 Å². The standard InChI is InChI=1S/C15H21NO2/c1-11-7-12(2)9-13(8-11)14-15(3-5-17-10-15)18-6-4-16-14/h7-9,14,16H,3-6,10H2,1-2H3. The highest BCUT2D eigenvalue weighted by Gasteiger charge is 2.46. The van der Waals surface area contributed by atoms with Crippen molar-refractivity contribution >= 4 is 0 Å². The fourth-order valence-electron chi connectivity index (χ4n) is 3.23. The van der Waals surface area contributed by atoms with E-state index in [-0.39, 0.29) is 11.6 Å². The van der Waals surface area contributed by atoms with E-state index in [1.165, 1.54) is 16.7 Å². The summed E-state index contributed by atoms with van der Waals surface area (Å²) in [4.78, 5) is 0. The van der Waals surface area contributed by atoms with Gasteiger partial charge in [0, 0.05) is 19.6 Å². The van der Waals surface area contributed by atoms with Crippen molar-refractivity contribution in [3.05, 3.63) is 34.9 Å². The van der Waals surface area contributed by atoms with Gasteiger partial charge in [-0.25, -0.2) is 0 Å². The lowest BCUT2D eigenvalue weighted by atomic mass is 9.85. The van der Waals surface area contributed by atoms with Crippen molar-refractivity contribution in [2.45, 2.75) is 31.9 Å². The first-order valence-corrected chi connectivity index (χ1v) is 6.73. The van der Waals surface area contributed by atoms with E-state index >= 15 is 0 Å². The second-order valence-corrected chi connectivity index (χ2v) is 5.52. The molecule has 3 heteroatoms. The molecule has 1 aromatic carbocycles. The fourth-order valence-corrected chi connectivity index (χ4v) is 3.23. The van der Waals surface area contributed by atoms with Gasteiger partial charge in [0.1, 0.15) is 5.60 Å². The Labute approximate surface area is 108 Å². The third-order valence-corrected chi connectivity index (χ3v) is 3.96. The molecule has 0 bridgehead atoms. The van der Waals surface area contributed by atoms with Crippen LogP contribution in [0.3, 0.4) is 0 Å². The molecule has 0 aromatic heterocycles. The normalized spacial score (nSPS) is 32.0. The van der Waals surface area contributed by atoms with E-state index in [1.807, 2.05) is 0 Å². The summed E-state index contributed by atoms with van der Waals surface area (Å²) in [6.45, 7) is 7.51. The van der Waals surface area contributed by atoms with Gasteiger partial charge >= 0.3 is 0 Å². The lowest BCUT2D eigenvalue weighted by molar-refractivity contribution is -0.0989. The first kappa shape index (κ1) is 12.2. The highest BCUT2D eigenvalue weighted by atomic mass is 16.6. The zero-order chi connectivity index (χ0) is 12.6. The number of aryl methyl sites for hydroxylation is 2. The molecule has 2 saturated heterocycles. The van der Waals surface area contributed by atoms with E-state index < -0.39 is 0 Å². The SMILES string of the molecule is Cc1cc(C)cc(C2NCCOC23CCOC3)c1. The molecule has 98 valence electrons. The maximum Gasteiger partial charge on any atom is 0.113 e. The van der Waals surface area contributed by atoms with Crippen LogP contribution in [0.4, 0.5) is 0 Å². The van der Waals surface area contributed by atoms with Crippen LogP contribution in [0, 0.1) is 13.8 Å². The lowest BCUT2D eigenvalue weighted by Crippen LogP contribution is -2.52. The van der Waals surface area contributed by atoms with Crippen molar-refractivity contribution in [1.82, 2.24) is 5.32 Å². The third-order valence-electron chi connectivity index (χ3n) is 3.96. The first-order valence-electron chi connectivity index (χ1n) is 6.73. The van der Waals surface area contributed by atoms with E-state index in [9.17, 15) is 0 Å². The van der Waals surface area contributed by atoms with E-state index in [0.717, 1.165) is 26.2 Å². The minimum Gasteiger partial charge on any atom is -0.378 e. The lowest BCUT2D eigenvalue weighted by Gasteiger charge is -2.41. The molecule has 1 aromatic rings. The monoisotopic (exact) mass is 247 g/mol. The molecular weight excluding hydrogens is 226 g/mol. The van der Waals surface area contributed by atoms with E-state index in [0.29, 0.717) is 6.61 Å². The van der Waals surface area contributed by atoms with Crippen LogP contribution in [0.1, 0.15) is 29.2 Å². The van der Waals surface area contributed by atoms with Crippen LogP contribution >= 0.6 is 0 Å². The molecule has 3 rings (SSSR count). The minimum atomic E-state index is -0.154. The van der Waals surface area contributed by atoms with Crippen LogP contribution in [-0.4, -0.2) is 32.0 Å². The number of hydrogen-bond acceptors (Lipinski definition) is 3. The molecule has 0 saturated carbocycles. The predicted octanol–water partition coefficient (Wildman–Crippen LogP) is 2.12. The van der Waals surface area contributed by atoms with Gasteiger partial charge in [0.25, 0.3) is 0 Å². The molecule has 3 nitrogen and oxygen atoms in total. The highest BCUT2D eigenvalue weighted by molar-refractivity contribution is 5.33. The van der Waals surface area contributed by atoms with Crippen LogP contribution in [0.2, 0.25) is 0 Å². The Morgan fingerprint density at radius 1 is 1.17 bits per heavy atom. The van der Waals surface area contributed by atoms with Gasteiger partial charge < -0.3 is 14.8 Å². The first-order chi connectivity index (χ1) is 8.70. The summed E-state index contributed by atoms with van der Waals surface area (Å²) in [5.41, 5.74) is 3.80. The van der Waals surface area contributed by atoms with Gasteiger partial charge in [-0.1, -0.05) is 29.3 Å². The number of nitrogens with one attached hydrogen (secondary N) is 1. The van der Waals surface area contributed by atoms with Gasteiger partial charge in [-0.15, -0.1) is 0 Å². The molecule has 1 spiro atoms. The van der Waals surface area contributed by atoms with Crippen molar-refractivity contribution in [1.29, 1.82) is 0 Å². The van der Waals surface area contributed by atoms with Crippen molar-refractivity contribution in [3.63, 3.8) is 0 Å². The van der Waals surface area contributed by atoms with Gasteiger partial charge in [-0.2, -0.15) is 0 Å². The van der Waals surface area contributed by atoms with Crippen LogP contribution in [-0.2, 0) is 9.47 Å². The average molecular weight is 247 g/mol. The Bertz CT molecular complexity index is 418. The molecule has 0 radical (unpaired) electrons. The Balaban J connectivity index is 1.97. The summed E-state index contributed by atoms with van der Waals surface area (Å²) >= 11 is 0. The fraction of sp³-hybridized carbons (Fsp3) is 0.600. The van der Waals surface area contributed by atoms with E-state index in [1.54, 1.807) is 0 Å². The third kappa shape index (κ3) is 2.07. The summed E-state index contributed by atoms with van der Waals surface area (Å²) in [6, 6.07) is 7.00. The van der Waals surface area contributed by atoms with Crippen LogP contribution in [0.15, 0.2) is 18.2 Å². The molecule has 2 aliphatic heterocycles. The molecule has 1 N–H and O–H groups in total. The molecule has 2 unspecified atom stereocenters. The second-order valence-electron chi connectivity index (χ2n) is 5.52. The molecule has 2 fully saturated rings. The summed E-state index contributed by atoms with van der Waals surface area (Å²) in [5, 5.41) is 3.62. The molecule has 0 aliphatic carbocycles. The molecule has 2 atom stereocenters. The quantitative estimate of drug-likeness (QED) is 0.824. The average Bonchev–Trinajstić information content (AvgIpc) is 2.77. The summed E-state index contributed by atoms with van der Waals surface area (Å²) < 4.78 is 11.7. The number of benzene rings is 1. The maximum atomic E-state index is 6.09. The van der Waals surface area contributed by atoms with Crippen molar-refractivity contribution in [3.8, 4) is 0 Å². The Kier molecular flexibility index (Phi) is 3.14. The number of ether oxygens (including phenoxy) is 2. The van der Waals surface area contributed by atoms with Crippen LogP contribution < -0.4 is 5.32 Å². The Hall–Kier alpha value is -0.900. The molecule has 18 heavy (non-hydrogen) atoms. The van der Waals surface area contributed by atoms with Gasteiger partial charge in [-0.05, 0) is 19.4 Å². The maximum absolute atomic E-state index is 6.09. The summed E-state index contributed by atoms with van der Waals surface area (Å²) in [7, 11) is 0. The molecule has 2 heterocycles. The number of rotatable bonds is 1. The Morgan fingerprint density at radius 2 is 1.94 bits per heavy atom. The molecule has 2 aliphatic rings. The van der Waals surface area contributed by atoms with Gasteiger partial charge in [-0.3, -0.25) is 0 Å². The second kappa shape index (κ2) is 4.65. The number of morpholine rings is 1. The van der Waals surface area contributed by atoms with E-state index in [2.05, 4.69) is 37.4 Å². The smallest absolute Gasteiger partial charge is 0.113 e. The zero-order valence-electron chi connectivity index (χ0n) is 11.2. The molecule has 0 amide bonds.